The third kappa shape index (κ3) is 4.62. The average Bonchev–Trinajstić information content (AvgIpc) is 3.15. The van der Waals surface area contributed by atoms with E-state index in [4.69, 9.17) is 16.3 Å². The number of rotatable bonds is 6. The van der Waals surface area contributed by atoms with E-state index in [9.17, 15) is 4.79 Å². The molecule has 4 rings (SSSR count). The number of ether oxygens (including phenoxy) is 1. The van der Waals surface area contributed by atoms with E-state index in [-0.39, 0.29) is 5.91 Å². The first-order valence-corrected chi connectivity index (χ1v) is 10.3. The molecule has 1 aliphatic heterocycles. The molecule has 0 unspecified atom stereocenters. The summed E-state index contributed by atoms with van der Waals surface area (Å²) in [7, 11) is 0. The molecule has 1 N–H and O–H groups in total. The van der Waals surface area contributed by atoms with Gasteiger partial charge in [-0.15, -0.1) is 0 Å². The molecular formula is C23H24ClN3O2. The van der Waals surface area contributed by atoms with E-state index >= 15 is 0 Å². The fourth-order valence-electron chi connectivity index (χ4n) is 3.59. The summed E-state index contributed by atoms with van der Waals surface area (Å²) in [4.78, 5) is 14.6. The lowest BCUT2D eigenvalue weighted by molar-refractivity contribution is -0.132. The van der Waals surface area contributed by atoms with Crippen molar-refractivity contribution in [2.45, 2.75) is 32.7 Å². The molecule has 1 amide bonds. The lowest BCUT2D eigenvalue weighted by Gasteiger charge is -2.27. The summed E-state index contributed by atoms with van der Waals surface area (Å²) in [5, 5.41) is 8.28. The monoisotopic (exact) mass is 409 g/mol. The molecule has 0 aliphatic carbocycles. The Hall–Kier alpha value is -2.79. The summed E-state index contributed by atoms with van der Waals surface area (Å²) in [6, 6.07) is 15.6. The summed E-state index contributed by atoms with van der Waals surface area (Å²) >= 11 is 6.13. The molecule has 5 nitrogen and oxygen atoms in total. The Labute approximate surface area is 175 Å². The number of hydrogen-bond acceptors (Lipinski definition) is 3. The smallest absolute Gasteiger partial charge is 0.223 e. The summed E-state index contributed by atoms with van der Waals surface area (Å²) in [5.41, 5.74) is 5.24. The predicted molar refractivity (Wildman–Crippen MR) is 114 cm³/mol. The van der Waals surface area contributed by atoms with Gasteiger partial charge < -0.3 is 9.64 Å². The van der Waals surface area contributed by atoms with Gasteiger partial charge >= 0.3 is 0 Å². The normalized spacial score (nSPS) is 13.2. The van der Waals surface area contributed by atoms with Crippen LogP contribution < -0.4 is 4.74 Å². The maximum atomic E-state index is 12.7. The number of aromatic nitrogens is 2. The van der Waals surface area contributed by atoms with Gasteiger partial charge in [0.1, 0.15) is 5.75 Å². The molecule has 1 aliphatic rings. The number of aryl methyl sites for hydroxylation is 1. The molecule has 0 atom stereocenters. The van der Waals surface area contributed by atoms with Crippen LogP contribution in [-0.4, -0.2) is 34.2 Å². The van der Waals surface area contributed by atoms with Crippen LogP contribution in [0.25, 0.3) is 11.3 Å². The average molecular weight is 410 g/mol. The van der Waals surface area contributed by atoms with Gasteiger partial charge in [0.05, 0.1) is 12.3 Å². The highest BCUT2D eigenvalue weighted by Gasteiger charge is 2.25. The Morgan fingerprint density at radius 1 is 1.24 bits per heavy atom. The Morgan fingerprint density at radius 3 is 2.86 bits per heavy atom. The molecule has 2 aromatic carbocycles. The predicted octanol–water partition coefficient (Wildman–Crippen LogP) is 4.78. The molecule has 2 heterocycles. The minimum Gasteiger partial charge on any atom is -0.494 e. The van der Waals surface area contributed by atoms with E-state index in [1.165, 1.54) is 5.56 Å². The second-order valence-corrected chi connectivity index (χ2v) is 7.81. The first-order valence-electron chi connectivity index (χ1n) is 9.89. The van der Waals surface area contributed by atoms with Crippen LogP contribution in [0.4, 0.5) is 0 Å². The first-order chi connectivity index (χ1) is 14.1. The van der Waals surface area contributed by atoms with Gasteiger partial charge in [-0.1, -0.05) is 41.4 Å². The van der Waals surface area contributed by atoms with Crippen molar-refractivity contribution in [2.75, 3.05) is 13.2 Å². The van der Waals surface area contributed by atoms with Gasteiger partial charge in [0.2, 0.25) is 5.91 Å². The Morgan fingerprint density at radius 2 is 2.07 bits per heavy atom. The van der Waals surface area contributed by atoms with Crippen LogP contribution in [0.15, 0.2) is 48.5 Å². The van der Waals surface area contributed by atoms with Crippen molar-refractivity contribution < 1.29 is 9.53 Å². The van der Waals surface area contributed by atoms with Crippen molar-refractivity contribution in [3.05, 3.63) is 70.4 Å². The highest BCUT2D eigenvalue weighted by molar-refractivity contribution is 6.30. The summed E-state index contributed by atoms with van der Waals surface area (Å²) in [5.74, 6) is 0.997. The van der Waals surface area contributed by atoms with E-state index in [1.807, 2.05) is 60.4 Å². The van der Waals surface area contributed by atoms with Crippen molar-refractivity contribution in [2.24, 2.45) is 0 Å². The third-order valence-corrected chi connectivity index (χ3v) is 5.44. The van der Waals surface area contributed by atoms with E-state index in [0.29, 0.717) is 37.6 Å². The zero-order valence-corrected chi connectivity index (χ0v) is 17.2. The maximum Gasteiger partial charge on any atom is 0.223 e. The number of carbonyl (C=O) groups excluding carboxylic acids is 1. The number of hydrogen-bond donors (Lipinski definition) is 1. The molecule has 6 heteroatoms. The Kier molecular flexibility index (Phi) is 5.86. The lowest BCUT2D eigenvalue weighted by Crippen LogP contribution is -2.36. The maximum absolute atomic E-state index is 12.7. The molecule has 0 bridgehead atoms. The molecule has 0 radical (unpaired) electrons. The highest BCUT2D eigenvalue weighted by atomic mass is 35.5. The van der Waals surface area contributed by atoms with E-state index in [1.54, 1.807) is 0 Å². The van der Waals surface area contributed by atoms with Crippen LogP contribution in [0.3, 0.4) is 0 Å². The van der Waals surface area contributed by atoms with Gasteiger partial charge in [0.25, 0.3) is 0 Å². The van der Waals surface area contributed by atoms with Crippen molar-refractivity contribution in [3.63, 3.8) is 0 Å². The minimum atomic E-state index is 0.154. The second-order valence-electron chi connectivity index (χ2n) is 7.37. The van der Waals surface area contributed by atoms with Crippen LogP contribution >= 0.6 is 11.6 Å². The van der Waals surface area contributed by atoms with Gasteiger partial charge in [-0.3, -0.25) is 9.89 Å². The second kappa shape index (κ2) is 8.70. The molecule has 0 saturated heterocycles. The quantitative estimate of drug-likeness (QED) is 0.596. The number of carbonyl (C=O) groups is 1. The fourth-order valence-corrected chi connectivity index (χ4v) is 3.78. The molecule has 0 spiro atoms. The topological polar surface area (TPSA) is 58.2 Å². The molecule has 150 valence electrons. The van der Waals surface area contributed by atoms with Gasteiger partial charge in [-0.05, 0) is 37.6 Å². The number of fused-ring (bicyclic) bond motifs is 1. The van der Waals surface area contributed by atoms with Gasteiger partial charge in [0, 0.05) is 47.8 Å². The Balaban J connectivity index is 1.34. The fraction of sp³-hybridized carbons (Fsp3) is 0.304. The number of nitrogens with one attached hydrogen (secondary N) is 1. The molecule has 3 aromatic rings. The van der Waals surface area contributed by atoms with E-state index in [2.05, 4.69) is 10.2 Å². The number of benzene rings is 2. The highest BCUT2D eigenvalue weighted by Crippen LogP contribution is 2.30. The first kappa shape index (κ1) is 19.5. The third-order valence-electron chi connectivity index (χ3n) is 5.21. The molecular weight excluding hydrogens is 386 g/mol. The van der Waals surface area contributed by atoms with Crippen molar-refractivity contribution >= 4 is 17.5 Å². The minimum absolute atomic E-state index is 0.154. The summed E-state index contributed by atoms with van der Waals surface area (Å²) in [6.45, 7) is 3.87. The number of nitrogens with zero attached hydrogens (tertiary/aromatic N) is 2. The SMILES string of the molecule is Cc1ccc(OCCCC(=O)N2CCc3[nH]nc(-c4cccc(Cl)c4)c3C2)cc1. The number of H-pyrrole nitrogens is 1. The Bertz CT molecular complexity index is 998. The van der Waals surface area contributed by atoms with Crippen molar-refractivity contribution in [3.8, 4) is 17.0 Å². The van der Waals surface area contributed by atoms with Crippen LogP contribution in [0.1, 0.15) is 29.7 Å². The van der Waals surface area contributed by atoms with Crippen LogP contribution in [0.2, 0.25) is 5.02 Å². The summed E-state index contributed by atoms with van der Waals surface area (Å²) < 4.78 is 5.73. The van der Waals surface area contributed by atoms with Gasteiger partial charge in [-0.25, -0.2) is 0 Å². The van der Waals surface area contributed by atoms with Crippen molar-refractivity contribution in [1.29, 1.82) is 0 Å². The molecule has 0 saturated carbocycles. The zero-order chi connectivity index (χ0) is 20.2. The number of aromatic amines is 1. The van der Waals surface area contributed by atoms with E-state index < -0.39 is 0 Å². The molecule has 1 aromatic heterocycles. The summed E-state index contributed by atoms with van der Waals surface area (Å²) in [6.07, 6.45) is 1.96. The standard InChI is InChI=1S/C23H24ClN3O2/c1-16-7-9-19(10-8-16)29-13-3-6-22(28)27-12-11-21-20(15-27)23(26-25-21)17-4-2-5-18(24)14-17/h2,4-5,7-10,14H,3,6,11-13,15H2,1H3,(H,25,26). The largest absolute Gasteiger partial charge is 0.494 e. The van der Waals surface area contributed by atoms with Crippen LogP contribution in [0.5, 0.6) is 5.75 Å². The number of halogens is 1. The van der Waals surface area contributed by atoms with Gasteiger partial charge in [-0.2, -0.15) is 5.10 Å². The van der Waals surface area contributed by atoms with Crippen LogP contribution in [0, 0.1) is 6.92 Å². The lowest BCUT2D eigenvalue weighted by atomic mass is 10.0. The molecule has 0 fully saturated rings. The van der Waals surface area contributed by atoms with Crippen molar-refractivity contribution in [1.82, 2.24) is 15.1 Å². The number of amides is 1. The van der Waals surface area contributed by atoms with E-state index in [0.717, 1.165) is 34.7 Å². The molecule has 29 heavy (non-hydrogen) atoms. The van der Waals surface area contributed by atoms with Gasteiger partial charge in [0.15, 0.2) is 0 Å². The zero-order valence-electron chi connectivity index (χ0n) is 16.5. The van der Waals surface area contributed by atoms with Crippen LogP contribution in [-0.2, 0) is 17.8 Å².